The predicted octanol–water partition coefficient (Wildman–Crippen LogP) is 5.17. The summed E-state index contributed by atoms with van der Waals surface area (Å²) in [6, 6.07) is 9.33. The van der Waals surface area contributed by atoms with Gasteiger partial charge in [0.2, 0.25) is 0 Å². The molecule has 0 aliphatic rings. The second-order valence-electron chi connectivity index (χ2n) is 4.01. The predicted molar refractivity (Wildman–Crippen MR) is 81.9 cm³/mol. The van der Waals surface area contributed by atoms with Gasteiger partial charge in [-0.15, -0.1) is 0 Å². The van der Waals surface area contributed by atoms with Crippen LogP contribution in [-0.2, 0) is 6.54 Å². The molecule has 0 saturated heterocycles. The van der Waals surface area contributed by atoms with Gasteiger partial charge in [0.25, 0.3) is 5.69 Å². The monoisotopic (exact) mass is 330 g/mol. The molecule has 1 N–H and O–H groups in total. The van der Waals surface area contributed by atoms with Gasteiger partial charge in [0.15, 0.2) is 0 Å². The van der Waals surface area contributed by atoms with E-state index in [1.807, 2.05) is 0 Å². The van der Waals surface area contributed by atoms with Gasteiger partial charge in [-0.2, -0.15) is 0 Å². The SMILES string of the molecule is O=[N+]([O-])c1ccc(Cl)c(CNc2ccc(Cl)cc2Cl)c1. The summed E-state index contributed by atoms with van der Waals surface area (Å²) in [7, 11) is 0. The summed E-state index contributed by atoms with van der Waals surface area (Å²) in [4.78, 5) is 10.3. The van der Waals surface area contributed by atoms with Crippen LogP contribution in [0.25, 0.3) is 0 Å². The molecule has 4 nitrogen and oxygen atoms in total. The molecule has 2 aromatic rings. The van der Waals surface area contributed by atoms with Crippen LogP contribution in [0.5, 0.6) is 0 Å². The number of non-ortho nitro benzene ring substituents is 1. The first-order valence-corrected chi connectivity index (χ1v) is 6.72. The van der Waals surface area contributed by atoms with Crippen LogP contribution in [0.3, 0.4) is 0 Å². The number of benzene rings is 2. The number of nitrogens with zero attached hydrogens (tertiary/aromatic N) is 1. The zero-order valence-electron chi connectivity index (χ0n) is 10.1. The van der Waals surface area contributed by atoms with Crippen molar-refractivity contribution in [1.29, 1.82) is 0 Å². The van der Waals surface area contributed by atoms with E-state index in [1.54, 1.807) is 18.2 Å². The number of nitrogens with one attached hydrogen (secondary N) is 1. The zero-order chi connectivity index (χ0) is 14.7. The van der Waals surface area contributed by atoms with Crippen molar-refractivity contribution in [2.45, 2.75) is 6.54 Å². The number of rotatable bonds is 4. The van der Waals surface area contributed by atoms with Gasteiger partial charge in [-0.1, -0.05) is 34.8 Å². The number of anilines is 1. The van der Waals surface area contributed by atoms with Crippen LogP contribution < -0.4 is 5.32 Å². The highest BCUT2D eigenvalue weighted by Gasteiger charge is 2.10. The average molecular weight is 332 g/mol. The van der Waals surface area contributed by atoms with E-state index in [2.05, 4.69) is 5.32 Å². The van der Waals surface area contributed by atoms with Crippen molar-refractivity contribution in [3.63, 3.8) is 0 Å². The zero-order valence-corrected chi connectivity index (χ0v) is 12.3. The van der Waals surface area contributed by atoms with Gasteiger partial charge < -0.3 is 5.32 Å². The van der Waals surface area contributed by atoms with Crippen LogP contribution in [0, 0.1) is 10.1 Å². The van der Waals surface area contributed by atoms with Crippen molar-refractivity contribution in [1.82, 2.24) is 0 Å². The highest BCUT2D eigenvalue weighted by molar-refractivity contribution is 6.36. The molecule has 20 heavy (non-hydrogen) atoms. The lowest BCUT2D eigenvalue weighted by Crippen LogP contribution is -2.01. The summed E-state index contributed by atoms with van der Waals surface area (Å²) in [5.74, 6) is 0. The maximum Gasteiger partial charge on any atom is 0.269 e. The van der Waals surface area contributed by atoms with Crippen molar-refractivity contribution < 1.29 is 4.92 Å². The Balaban J connectivity index is 2.18. The van der Waals surface area contributed by atoms with Gasteiger partial charge in [0, 0.05) is 28.7 Å². The second-order valence-corrected chi connectivity index (χ2v) is 5.26. The van der Waals surface area contributed by atoms with E-state index in [1.165, 1.54) is 18.2 Å². The Kier molecular flexibility index (Phi) is 4.70. The Morgan fingerprint density at radius 2 is 1.80 bits per heavy atom. The number of nitro groups is 1. The maximum absolute atomic E-state index is 10.7. The van der Waals surface area contributed by atoms with Crippen molar-refractivity contribution in [2.24, 2.45) is 0 Å². The molecule has 2 aromatic carbocycles. The van der Waals surface area contributed by atoms with Gasteiger partial charge in [-0.3, -0.25) is 10.1 Å². The summed E-state index contributed by atoms with van der Waals surface area (Å²) in [5.41, 5.74) is 1.29. The molecule has 104 valence electrons. The third kappa shape index (κ3) is 3.54. The summed E-state index contributed by atoms with van der Waals surface area (Å²) in [5, 5.41) is 15.3. The molecule has 0 aliphatic carbocycles. The van der Waals surface area contributed by atoms with Crippen molar-refractivity contribution in [3.05, 3.63) is 67.1 Å². The Bertz CT molecular complexity index is 662. The van der Waals surface area contributed by atoms with E-state index < -0.39 is 4.92 Å². The normalized spacial score (nSPS) is 10.3. The van der Waals surface area contributed by atoms with Crippen molar-refractivity contribution in [3.8, 4) is 0 Å². The lowest BCUT2D eigenvalue weighted by Gasteiger charge is -2.10. The van der Waals surface area contributed by atoms with Crippen molar-refractivity contribution >= 4 is 46.2 Å². The van der Waals surface area contributed by atoms with Crippen molar-refractivity contribution in [2.75, 3.05) is 5.32 Å². The molecular formula is C13H9Cl3N2O2. The first-order chi connectivity index (χ1) is 9.47. The summed E-state index contributed by atoms with van der Waals surface area (Å²) >= 11 is 17.9. The van der Waals surface area contributed by atoms with Crippen LogP contribution >= 0.6 is 34.8 Å². The van der Waals surface area contributed by atoms with E-state index in [9.17, 15) is 10.1 Å². The first-order valence-electron chi connectivity index (χ1n) is 5.59. The fraction of sp³-hybridized carbons (Fsp3) is 0.0769. The molecule has 0 unspecified atom stereocenters. The molecular weight excluding hydrogens is 323 g/mol. The largest absolute Gasteiger partial charge is 0.380 e. The molecule has 0 aliphatic heterocycles. The molecule has 0 saturated carbocycles. The highest BCUT2D eigenvalue weighted by Crippen LogP contribution is 2.27. The van der Waals surface area contributed by atoms with Gasteiger partial charge in [-0.25, -0.2) is 0 Å². The van der Waals surface area contributed by atoms with Gasteiger partial charge in [0.1, 0.15) is 0 Å². The second kappa shape index (κ2) is 6.31. The molecule has 0 radical (unpaired) electrons. The van der Waals surface area contributed by atoms with Crippen LogP contribution in [0.4, 0.5) is 11.4 Å². The van der Waals surface area contributed by atoms with E-state index in [0.717, 1.165) is 0 Å². The number of hydrogen-bond acceptors (Lipinski definition) is 3. The number of nitro benzene ring substituents is 1. The Hall–Kier alpha value is -1.49. The molecule has 0 fully saturated rings. The van der Waals surface area contributed by atoms with E-state index in [-0.39, 0.29) is 5.69 Å². The maximum atomic E-state index is 10.7. The third-order valence-corrected chi connectivity index (χ3v) is 3.56. The van der Waals surface area contributed by atoms with E-state index in [4.69, 9.17) is 34.8 Å². The summed E-state index contributed by atoms with van der Waals surface area (Å²) in [6.45, 7) is 0.321. The summed E-state index contributed by atoms with van der Waals surface area (Å²) < 4.78 is 0. The molecule has 0 bridgehead atoms. The van der Waals surface area contributed by atoms with E-state index >= 15 is 0 Å². The number of halogens is 3. The Labute approximate surface area is 130 Å². The quantitative estimate of drug-likeness (QED) is 0.621. The highest BCUT2D eigenvalue weighted by atomic mass is 35.5. The fourth-order valence-corrected chi connectivity index (χ4v) is 2.29. The van der Waals surface area contributed by atoms with Gasteiger partial charge in [0.05, 0.1) is 15.6 Å². The minimum absolute atomic E-state index is 0.00611. The number of hydrogen-bond donors (Lipinski definition) is 1. The molecule has 0 heterocycles. The average Bonchev–Trinajstić information content (AvgIpc) is 2.39. The minimum atomic E-state index is -0.463. The van der Waals surface area contributed by atoms with Crippen LogP contribution in [0.1, 0.15) is 5.56 Å². The standard InChI is InChI=1S/C13H9Cl3N2O2/c14-9-1-4-13(12(16)6-9)17-7-8-5-10(18(19)20)2-3-11(8)15/h1-6,17H,7H2. The topological polar surface area (TPSA) is 55.2 Å². The van der Waals surface area contributed by atoms with Gasteiger partial charge >= 0.3 is 0 Å². The lowest BCUT2D eigenvalue weighted by atomic mass is 10.2. The van der Waals surface area contributed by atoms with Crippen LogP contribution in [0.15, 0.2) is 36.4 Å². The van der Waals surface area contributed by atoms with Crippen LogP contribution in [-0.4, -0.2) is 4.92 Å². The fourth-order valence-electron chi connectivity index (χ4n) is 1.63. The van der Waals surface area contributed by atoms with Gasteiger partial charge in [-0.05, 0) is 29.8 Å². The molecule has 2 rings (SSSR count). The molecule has 0 atom stereocenters. The molecule has 0 spiro atoms. The molecule has 7 heteroatoms. The lowest BCUT2D eigenvalue weighted by molar-refractivity contribution is -0.384. The Morgan fingerprint density at radius 3 is 2.45 bits per heavy atom. The minimum Gasteiger partial charge on any atom is -0.380 e. The van der Waals surface area contributed by atoms with E-state index in [0.29, 0.717) is 32.9 Å². The third-order valence-electron chi connectivity index (χ3n) is 2.64. The molecule has 0 aromatic heterocycles. The molecule has 0 amide bonds. The van der Waals surface area contributed by atoms with Crippen LogP contribution in [0.2, 0.25) is 15.1 Å². The Morgan fingerprint density at radius 1 is 1.05 bits per heavy atom. The first kappa shape index (κ1) is 14.9. The smallest absolute Gasteiger partial charge is 0.269 e. The summed E-state index contributed by atoms with van der Waals surface area (Å²) in [6.07, 6.45) is 0.